The van der Waals surface area contributed by atoms with Crippen molar-refractivity contribution in [3.05, 3.63) is 12.7 Å². The zero-order chi connectivity index (χ0) is 7.44. The Kier molecular flexibility index (Phi) is 3.46. The summed E-state index contributed by atoms with van der Waals surface area (Å²) in [5.74, 6) is 0. The fourth-order valence-electron chi connectivity index (χ4n) is 0.425. The second-order valence-electron chi connectivity index (χ2n) is 1.96. The highest BCUT2D eigenvalue weighted by Gasteiger charge is 2.17. The van der Waals surface area contributed by atoms with E-state index < -0.39 is 18.3 Å². The third kappa shape index (κ3) is 2.60. The summed E-state index contributed by atoms with van der Waals surface area (Å²) < 4.78 is 0. The maximum atomic E-state index is 8.82. The lowest BCUT2D eigenvalue weighted by molar-refractivity contribution is -0.0326. The van der Waals surface area contributed by atoms with Crippen LogP contribution in [0.25, 0.3) is 0 Å². The molecule has 3 atom stereocenters. The van der Waals surface area contributed by atoms with Crippen LogP contribution in [0.3, 0.4) is 0 Å². The Hall–Kier alpha value is -0.380. The van der Waals surface area contributed by atoms with Gasteiger partial charge in [-0.3, -0.25) is 0 Å². The van der Waals surface area contributed by atoms with E-state index in [4.69, 9.17) is 15.3 Å². The molecule has 0 saturated heterocycles. The van der Waals surface area contributed by atoms with Crippen LogP contribution in [0, 0.1) is 0 Å². The molecule has 54 valence electrons. The summed E-state index contributed by atoms with van der Waals surface area (Å²) in [6, 6.07) is 0. The van der Waals surface area contributed by atoms with Crippen molar-refractivity contribution < 1.29 is 15.3 Å². The van der Waals surface area contributed by atoms with Crippen LogP contribution in [0.2, 0.25) is 0 Å². The van der Waals surface area contributed by atoms with Crippen LogP contribution in [0.4, 0.5) is 0 Å². The highest BCUT2D eigenvalue weighted by molar-refractivity contribution is 4.86. The van der Waals surface area contributed by atoms with Crippen molar-refractivity contribution in [2.24, 2.45) is 0 Å². The molecule has 0 saturated carbocycles. The van der Waals surface area contributed by atoms with Gasteiger partial charge in [-0.25, -0.2) is 0 Å². The molecule has 9 heavy (non-hydrogen) atoms. The van der Waals surface area contributed by atoms with E-state index in [0.29, 0.717) is 0 Å². The predicted octanol–water partition coefficient (Wildman–Crippen LogP) is -0.725. The van der Waals surface area contributed by atoms with Gasteiger partial charge in [-0.05, 0) is 6.92 Å². The van der Waals surface area contributed by atoms with Crippen LogP contribution in [0.1, 0.15) is 6.92 Å². The van der Waals surface area contributed by atoms with E-state index in [1.54, 1.807) is 0 Å². The Bertz CT molecular complexity index is 90.3. The van der Waals surface area contributed by atoms with Crippen LogP contribution >= 0.6 is 0 Å². The summed E-state index contributed by atoms with van der Waals surface area (Å²) in [5.41, 5.74) is 0. The van der Waals surface area contributed by atoms with Crippen molar-refractivity contribution in [2.75, 3.05) is 0 Å². The number of hydrogen-bond acceptors (Lipinski definition) is 3. The van der Waals surface area contributed by atoms with E-state index in [1.165, 1.54) is 13.0 Å². The van der Waals surface area contributed by atoms with Crippen LogP contribution in [-0.4, -0.2) is 33.6 Å². The maximum Gasteiger partial charge on any atom is 0.109 e. The van der Waals surface area contributed by atoms with Crippen molar-refractivity contribution in [3.63, 3.8) is 0 Å². The molecule has 0 aliphatic rings. The van der Waals surface area contributed by atoms with Gasteiger partial charge >= 0.3 is 0 Å². The van der Waals surface area contributed by atoms with E-state index >= 15 is 0 Å². The molecule has 0 spiro atoms. The number of rotatable bonds is 3. The summed E-state index contributed by atoms with van der Waals surface area (Å²) in [7, 11) is 0. The first kappa shape index (κ1) is 8.62. The Morgan fingerprint density at radius 1 is 1.33 bits per heavy atom. The lowest BCUT2D eigenvalue weighted by Gasteiger charge is -2.16. The Labute approximate surface area is 54.3 Å². The zero-order valence-electron chi connectivity index (χ0n) is 5.36. The summed E-state index contributed by atoms with van der Waals surface area (Å²) in [6.07, 6.45) is -1.90. The molecule has 0 aromatic carbocycles. The summed E-state index contributed by atoms with van der Waals surface area (Å²) in [4.78, 5) is 0. The van der Waals surface area contributed by atoms with E-state index in [-0.39, 0.29) is 0 Å². The van der Waals surface area contributed by atoms with E-state index in [2.05, 4.69) is 6.58 Å². The van der Waals surface area contributed by atoms with E-state index in [1.807, 2.05) is 0 Å². The molecule has 3 heteroatoms. The highest BCUT2D eigenvalue weighted by atomic mass is 16.4. The van der Waals surface area contributed by atoms with Gasteiger partial charge in [-0.1, -0.05) is 6.08 Å². The molecule has 0 radical (unpaired) electrons. The Morgan fingerprint density at radius 3 is 1.89 bits per heavy atom. The van der Waals surface area contributed by atoms with Crippen molar-refractivity contribution >= 4 is 0 Å². The Morgan fingerprint density at radius 2 is 1.78 bits per heavy atom. The molecule has 3 N–H and O–H groups in total. The molecule has 0 aromatic heterocycles. The first-order valence-electron chi connectivity index (χ1n) is 2.76. The number of aliphatic hydroxyl groups is 3. The second-order valence-corrected chi connectivity index (χ2v) is 1.96. The lowest BCUT2D eigenvalue weighted by Crippen LogP contribution is -2.33. The average Bonchev–Trinajstić information content (AvgIpc) is 1.84. The smallest absolute Gasteiger partial charge is 0.109 e. The van der Waals surface area contributed by atoms with Gasteiger partial charge in [-0.15, -0.1) is 6.58 Å². The van der Waals surface area contributed by atoms with Gasteiger partial charge in [0.1, 0.15) is 12.2 Å². The summed E-state index contributed by atoms with van der Waals surface area (Å²) in [6.45, 7) is 4.64. The van der Waals surface area contributed by atoms with Gasteiger partial charge in [0, 0.05) is 0 Å². The SMILES string of the molecule is C=C[C@H](O)[C@@H](O)[C@@H](C)O. The van der Waals surface area contributed by atoms with Gasteiger partial charge in [0.05, 0.1) is 6.10 Å². The van der Waals surface area contributed by atoms with E-state index in [9.17, 15) is 0 Å². The summed E-state index contributed by atoms with van der Waals surface area (Å²) >= 11 is 0. The molecule has 0 fully saturated rings. The number of aliphatic hydroxyl groups excluding tert-OH is 3. The standard InChI is InChI=1S/C6H12O3/c1-3-5(8)6(9)4(2)7/h3-9H,1H2,2H3/t4-,5+,6+/m1/s1. The molecule has 0 amide bonds. The van der Waals surface area contributed by atoms with Crippen LogP contribution in [0.15, 0.2) is 12.7 Å². The van der Waals surface area contributed by atoms with Crippen LogP contribution in [-0.2, 0) is 0 Å². The van der Waals surface area contributed by atoms with Gasteiger partial charge in [0.15, 0.2) is 0 Å². The molecule has 0 bridgehead atoms. The molecule has 0 unspecified atom stereocenters. The van der Waals surface area contributed by atoms with Crippen molar-refractivity contribution in [1.29, 1.82) is 0 Å². The molecule has 0 rings (SSSR count). The fraction of sp³-hybridized carbons (Fsp3) is 0.667. The minimum absolute atomic E-state index is 0.919. The normalized spacial score (nSPS) is 20.4. The average molecular weight is 132 g/mol. The highest BCUT2D eigenvalue weighted by Crippen LogP contribution is 1.98. The molecule has 0 aromatic rings. The molecule has 3 nitrogen and oxygen atoms in total. The maximum absolute atomic E-state index is 8.82. The summed E-state index contributed by atoms with van der Waals surface area (Å²) in [5, 5.41) is 26.3. The molecular formula is C6H12O3. The molecule has 0 heterocycles. The Balaban J connectivity index is 3.71. The largest absolute Gasteiger partial charge is 0.391 e. The van der Waals surface area contributed by atoms with Crippen LogP contribution in [0.5, 0.6) is 0 Å². The van der Waals surface area contributed by atoms with Gasteiger partial charge in [0.2, 0.25) is 0 Å². The van der Waals surface area contributed by atoms with Gasteiger partial charge in [-0.2, -0.15) is 0 Å². The van der Waals surface area contributed by atoms with Crippen LogP contribution < -0.4 is 0 Å². The monoisotopic (exact) mass is 132 g/mol. The first-order chi connectivity index (χ1) is 4.09. The predicted molar refractivity (Wildman–Crippen MR) is 33.9 cm³/mol. The second kappa shape index (κ2) is 3.61. The first-order valence-corrected chi connectivity index (χ1v) is 2.76. The van der Waals surface area contributed by atoms with Gasteiger partial charge in [0.25, 0.3) is 0 Å². The van der Waals surface area contributed by atoms with Crippen molar-refractivity contribution in [1.82, 2.24) is 0 Å². The number of hydrogen-bond donors (Lipinski definition) is 3. The van der Waals surface area contributed by atoms with Crippen molar-refractivity contribution in [3.8, 4) is 0 Å². The fourth-order valence-corrected chi connectivity index (χ4v) is 0.425. The quantitative estimate of drug-likeness (QED) is 0.444. The third-order valence-corrected chi connectivity index (χ3v) is 1.09. The molecule has 0 aliphatic carbocycles. The zero-order valence-corrected chi connectivity index (χ0v) is 5.36. The van der Waals surface area contributed by atoms with Gasteiger partial charge < -0.3 is 15.3 Å². The topological polar surface area (TPSA) is 60.7 Å². The van der Waals surface area contributed by atoms with Crippen molar-refractivity contribution in [2.45, 2.75) is 25.2 Å². The minimum atomic E-state index is -1.12. The van der Waals surface area contributed by atoms with E-state index in [0.717, 1.165) is 0 Å². The minimum Gasteiger partial charge on any atom is -0.391 e. The molecule has 0 aliphatic heterocycles. The molecular weight excluding hydrogens is 120 g/mol. The third-order valence-electron chi connectivity index (χ3n) is 1.09. The lowest BCUT2D eigenvalue weighted by atomic mass is 10.1.